The summed E-state index contributed by atoms with van der Waals surface area (Å²) in [5, 5.41) is 8.38. The second-order valence-electron chi connectivity index (χ2n) is 5.47. The molecule has 1 atom stereocenters. The zero-order valence-electron chi connectivity index (χ0n) is 12.8. The number of aromatic nitrogens is 2. The van der Waals surface area contributed by atoms with Crippen LogP contribution in [0.2, 0.25) is 0 Å². The van der Waals surface area contributed by atoms with Crippen molar-refractivity contribution in [3.8, 4) is 0 Å². The van der Waals surface area contributed by atoms with Crippen molar-refractivity contribution in [2.24, 2.45) is 5.73 Å². The largest absolute Gasteiger partial charge is 0.324 e. The predicted octanol–water partition coefficient (Wildman–Crippen LogP) is 3.21. The minimum atomic E-state index is -0.0266. The van der Waals surface area contributed by atoms with Crippen molar-refractivity contribution in [3.05, 3.63) is 57.9 Å². The van der Waals surface area contributed by atoms with E-state index < -0.39 is 0 Å². The van der Waals surface area contributed by atoms with Crippen LogP contribution in [0.5, 0.6) is 0 Å². The normalized spacial score (nSPS) is 12.4. The Morgan fingerprint density at radius 1 is 1.05 bits per heavy atom. The van der Waals surface area contributed by atoms with Gasteiger partial charge in [0, 0.05) is 6.04 Å². The van der Waals surface area contributed by atoms with E-state index in [4.69, 9.17) is 5.73 Å². The molecule has 0 bridgehead atoms. The van der Waals surface area contributed by atoms with Gasteiger partial charge in [-0.15, -0.1) is 0 Å². The van der Waals surface area contributed by atoms with Gasteiger partial charge in [0.05, 0.1) is 11.4 Å². The van der Waals surface area contributed by atoms with Gasteiger partial charge >= 0.3 is 0 Å². The van der Waals surface area contributed by atoms with Crippen LogP contribution < -0.4 is 5.73 Å². The highest BCUT2D eigenvalue weighted by Crippen LogP contribution is 2.21. The monoisotopic (exact) mass is 269 g/mol. The van der Waals surface area contributed by atoms with Gasteiger partial charge in [0.15, 0.2) is 0 Å². The lowest BCUT2D eigenvalue weighted by atomic mass is 9.95. The molecule has 0 spiro atoms. The molecule has 3 heteroatoms. The van der Waals surface area contributed by atoms with Crippen LogP contribution in [0.3, 0.4) is 0 Å². The van der Waals surface area contributed by atoms with Crippen molar-refractivity contribution >= 4 is 0 Å². The summed E-state index contributed by atoms with van der Waals surface area (Å²) in [5.74, 6) is 0. The molecule has 106 valence electrons. The summed E-state index contributed by atoms with van der Waals surface area (Å²) in [6.45, 7) is 8.31. The maximum atomic E-state index is 6.39. The number of aryl methyl sites for hydroxylation is 4. The minimum Gasteiger partial charge on any atom is -0.324 e. The van der Waals surface area contributed by atoms with E-state index in [-0.39, 0.29) is 6.04 Å². The van der Waals surface area contributed by atoms with Crippen LogP contribution in [0.1, 0.15) is 46.6 Å². The molecule has 0 amide bonds. The first-order valence-electron chi connectivity index (χ1n) is 7.16. The molecule has 1 aromatic heterocycles. The lowest BCUT2D eigenvalue weighted by molar-refractivity contribution is 0.691. The molecule has 1 unspecified atom stereocenters. The number of benzene rings is 1. The van der Waals surface area contributed by atoms with Gasteiger partial charge in [-0.1, -0.05) is 25.1 Å². The van der Waals surface area contributed by atoms with Crippen molar-refractivity contribution in [2.45, 2.75) is 46.6 Å². The average molecular weight is 269 g/mol. The highest BCUT2D eigenvalue weighted by atomic mass is 15.1. The Bertz CT molecular complexity index is 605. The fourth-order valence-electron chi connectivity index (χ4n) is 2.42. The van der Waals surface area contributed by atoms with Gasteiger partial charge in [-0.2, -0.15) is 10.2 Å². The quantitative estimate of drug-likeness (QED) is 0.927. The van der Waals surface area contributed by atoms with Crippen LogP contribution in [0.25, 0.3) is 0 Å². The number of nitrogens with two attached hydrogens (primary N) is 1. The fraction of sp³-hybridized carbons (Fsp3) is 0.412. The van der Waals surface area contributed by atoms with E-state index in [0.29, 0.717) is 0 Å². The Balaban J connectivity index is 2.25. The van der Waals surface area contributed by atoms with Crippen LogP contribution >= 0.6 is 0 Å². The molecule has 1 aromatic carbocycles. The molecule has 2 rings (SSSR count). The standard InChI is InChI=1S/C17H23N3/c1-5-17-15(9-13(4)19-20-17)16(18)10-14-7-6-11(2)12(3)8-14/h6-9,16H,5,10,18H2,1-4H3. The highest BCUT2D eigenvalue weighted by Gasteiger charge is 2.13. The predicted molar refractivity (Wildman–Crippen MR) is 82.7 cm³/mol. The Morgan fingerprint density at radius 2 is 1.80 bits per heavy atom. The molecule has 1 heterocycles. The maximum Gasteiger partial charge on any atom is 0.0676 e. The Morgan fingerprint density at radius 3 is 2.45 bits per heavy atom. The smallest absolute Gasteiger partial charge is 0.0676 e. The first-order chi connectivity index (χ1) is 9.51. The lowest BCUT2D eigenvalue weighted by Gasteiger charge is -2.16. The molecule has 0 aliphatic carbocycles. The number of hydrogen-bond donors (Lipinski definition) is 1. The Kier molecular flexibility index (Phi) is 4.50. The summed E-state index contributed by atoms with van der Waals surface area (Å²) in [6.07, 6.45) is 1.70. The molecule has 3 nitrogen and oxygen atoms in total. The van der Waals surface area contributed by atoms with E-state index >= 15 is 0 Å². The number of rotatable bonds is 4. The fourth-order valence-corrected chi connectivity index (χ4v) is 2.42. The van der Waals surface area contributed by atoms with E-state index in [2.05, 4.69) is 55.2 Å². The van der Waals surface area contributed by atoms with Crippen molar-refractivity contribution < 1.29 is 0 Å². The summed E-state index contributed by atoms with van der Waals surface area (Å²) in [7, 11) is 0. The van der Waals surface area contributed by atoms with Gasteiger partial charge in [0.2, 0.25) is 0 Å². The molecule has 2 aromatic rings. The van der Waals surface area contributed by atoms with Gasteiger partial charge in [0.25, 0.3) is 0 Å². The third-order valence-corrected chi connectivity index (χ3v) is 3.79. The van der Waals surface area contributed by atoms with Gasteiger partial charge < -0.3 is 5.73 Å². The topological polar surface area (TPSA) is 51.8 Å². The van der Waals surface area contributed by atoms with Crippen molar-refractivity contribution in [3.63, 3.8) is 0 Å². The zero-order valence-corrected chi connectivity index (χ0v) is 12.8. The summed E-state index contributed by atoms with van der Waals surface area (Å²) in [5.41, 5.74) is 13.4. The molecule has 20 heavy (non-hydrogen) atoms. The minimum absolute atomic E-state index is 0.0266. The van der Waals surface area contributed by atoms with Crippen LogP contribution in [-0.2, 0) is 12.8 Å². The van der Waals surface area contributed by atoms with Gasteiger partial charge in [0.1, 0.15) is 0 Å². The Labute approximate surface area is 121 Å². The first kappa shape index (κ1) is 14.7. The van der Waals surface area contributed by atoms with E-state index in [1.165, 1.54) is 16.7 Å². The zero-order chi connectivity index (χ0) is 14.7. The van der Waals surface area contributed by atoms with Crippen molar-refractivity contribution in [2.75, 3.05) is 0 Å². The molecule has 0 aliphatic heterocycles. The summed E-state index contributed by atoms with van der Waals surface area (Å²) >= 11 is 0. The summed E-state index contributed by atoms with van der Waals surface area (Å²) in [6, 6.07) is 8.59. The summed E-state index contributed by atoms with van der Waals surface area (Å²) < 4.78 is 0. The number of nitrogens with zero attached hydrogens (tertiary/aromatic N) is 2. The van der Waals surface area contributed by atoms with Crippen LogP contribution in [0.15, 0.2) is 24.3 Å². The lowest BCUT2D eigenvalue weighted by Crippen LogP contribution is -2.17. The molecule has 2 N–H and O–H groups in total. The van der Waals surface area contributed by atoms with Gasteiger partial charge in [-0.3, -0.25) is 0 Å². The highest BCUT2D eigenvalue weighted by molar-refractivity contribution is 5.32. The molecule has 0 radical (unpaired) electrons. The van der Waals surface area contributed by atoms with E-state index in [0.717, 1.165) is 29.8 Å². The first-order valence-corrected chi connectivity index (χ1v) is 7.16. The van der Waals surface area contributed by atoms with Crippen LogP contribution in [0.4, 0.5) is 0 Å². The molecular formula is C17H23N3. The van der Waals surface area contributed by atoms with Gasteiger partial charge in [-0.25, -0.2) is 0 Å². The Hall–Kier alpha value is -1.74. The van der Waals surface area contributed by atoms with Crippen molar-refractivity contribution in [1.82, 2.24) is 10.2 Å². The second-order valence-corrected chi connectivity index (χ2v) is 5.47. The van der Waals surface area contributed by atoms with Crippen LogP contribution in [0, 0.1) is 20.8 Å². The van der Waals surface area contributed by atoms with E-state index in [1.54, 1.807) is 0 Å². The molecular weight excluding hydrogens is 246 g/mol. The summed E-state index contributed by atoms with van der Waals surface area (Å²) in [4.78, 5) is 0. The second kappa shape index (κ2) is 6.14. The third-order valence-electron chi connectivity index (χ3n) is 3.79. The van der Waals surface area contributed by atoms with Gasteiger partial charge in [-0.05, 0) is 61.9 Å². The average Bonchev–Trinajstić information content (AvgIpc) is 2.43. The van der Waals surface area contributed by atoms with E-state index in [9.17, 15) is 0 Å². The molecule has 0 saturated heterocycles. The molecule has 0 aliphatic rings. The molecule has 0 saturated carbocycles. The SMILES string of the molecule is CCc1nnc(C)cc1C(N)Cc1ccc(C)c(C)c1. The van der Waals surface area contributed by atoms with Crippen LogP contribution in [-0.4, -0.2) is 10.2 Å². The molecule has 0 fully saturated rings. The third kappa shape index (κ3) is 3.23. The maximum absolute atomic E-state index is 6.39. The van der Waals surface area contributed by atoms with E-state index in [1.807, 2.05) is 6.92 Å². The van der Waals surface area contributed by atoms with Crippen molar-refractivity contribution in [1.29, 1.82) is 0 Å². The number of hydrogen-bond acceptors (Lipinski definition) is 3.